The van der Waals surface area contributed by atoms with Gasteiger partial charge in [0.2, 0.25) is 5.91 Å². The van der Waals surface area contributed by atoms with Crippen molar-refractivity contribution in [3.05, 3.63) is 59.9 Å². The second kappa shape index (κ2) is 6.08. The summed E-state index contributed by atoms with van der Waals surface area (Å²) in [7, 11) is 0. The quantitative estimate of drug-likeness (QED) is 0.903. The average molecular weight is 308 g/mol. The van der Waals surface area contributed by atoms with Gasteiger partial charge >= 0.3 is 0 Å². The van der Waals surface area contributed by atoms with Gasteiger partial charge in [0, 0.05) is 30.1 Å². The normalized spacial score (nSPS) is 21.6. The van der Waals surface area contributed by atoms with Crippen LogP contribution in [0.25, 0.3) is 0 Å². The van der Waals surface area contributed by atoms with Crippen LogP contribution < -0.4 is 5.32 Å². The summed E-state index contributed by atoms with van der Waals surface area (Å²) < 4.78 is 0. The Hall–Kier alpha value is -2.89. The Bertz CT molecular complexity index is 773. The Balaban J connectivity index is 1.88. The van der Waals surface area contributed by atoms with Crippen molar-refractivity contribution in [1.82, 2.24) is 15.3 Å². The number of fused-ring (bicyclic) bond motifs is 1. The highest BCUT2D eigenvalue weighted by Crippen LogP contribution is 2.31. The summed E-state index contributed by atoms with van der Waals surface area (Å²) in [5.74, 6) is -0.321. The van der Waals surface area contributed by atoms with Crippen molar-refractivity contribution in [2.24, 2.45) is 16.8 Å². The topological polar surface area (TPSA) is 84.3 Å². The monoisotopic (exact) mass is 308 g/mol. The van der Waals surface area contributed by atoms with E-state index in [1.165, 1.54) is 18.6 Å². The molecule has 23 heavy (non-hydrogen) atoms. The summed E-state index contributed by atoms with van der Waals surface area (Å²) in [4.78, 5) is 35.7. The molecule has 1 aromatic heterocycles. The van der Waals surface area contributed by atoms with Gasteiger partial charge in [0.1, 0.15) is 5.69 Å². The lowest BCUT2D eigenvalue weighted by molar-refractivity contribution is -0.116. The molecular weight excluding hydrogens is 292 g/mol. The number of nitrogens with zero attached hydrogens (tertiary/aromatic N) is 3. The first-order valence-electron chi connectivity index (χ1n) is 7.36. The van der Waals surface area contributed by atoms with Gasteiger partial charge in [-0.25, -0.2) is 9.98 Å². The van der Waals surface area contributed by atoms with E-state index < -0.39 is 5.91 Å². The fourth-order valence-electron chi connectivity index (χ4n) is 2.60. The Morgan fingerprint density at radius 1 is 1.30 bits per heavy atom. The highest BCUT2D eigenvalue weighted by atomic mass is 16.2. The van der Waals surface area contributed by atoms with E-state index in [2.05, 4.69) is 34.1 Å². The third kappa shape index (κ3) is 3.15. The van der Waals surface area contributed by atoms with Crippen molar-refractivity contribution in [3.63, 3.8) is 0 Å². The van der Waals surface area contributed by atoms with E-state index in [9.17, 15) is 9.59 Å². The third-order valence-corrected chi connectivity index (χ3v) is 3.70. The second-order valence-corrected chi connectivity index (χ2v) is 5.66. The molecule has 0 fully saturated rings. The van der Waals surface area contributed by atoms with Gasteiger partial charge in [0.25, 0.3) is 5.91 Å². The SMILES string of the molecule is CC(C)C1=CC(=O)NC2=CC(=NC(=O)c3cnccn3)C=CC21. The number of allylic oxidation sites excluding steroid dienone is 3. The molecule has 3 rings (SSSR count). The molecule has 0 spiro atoms. The molecule has 0 bridgehead atoms. The summed E-state index contributed by atoms with van der Waals surface area (Å²) in [5, 5.41) is 2.82. The predicted octanol–water partition coefficient (Wildman–Crippen LogP) is 1.84. The van der Waals surface area contributed by atoms with Crippen LogP contribution in [0.2, 0.25) is 0 Å². The molecule has 1 aliphatic heterocycles. The number of carbonyl (C=O) groups excluding carboxylic acids is 2. The number of rotatable bonds is 2. The van der Waals surface area contributed by atoms with Gasteiger partial charge in [0.15, 0.2) is 0 Å². The molecule has 0 radical (unpaired) electrons. The number of carbonyl (C=O) groups is 2. The van der Waals surface area contributed by atoms with Gasteiger partial charge in [-0.05, 0) is 23.6 Å². The van der Waals surface area contributed by atoms with Crippen LogP contribution in [0.15, 0.2) is 59.2 Å². The number of aromatic nitrogens is 2. The van der Waals surface area contributed by atoms with Crippen molar-refractivity contribution in [2.45, 2.75) is 13.8 Å². The summed E-state index contributed by atoms with van der Waals surface area (Å²) >= 11 is 0. The number of hydrogen-bond acceptors (Lipinski definition) is 4. The van der Waals surface area contributed by atoms with Crippen LogP contribution in [-0.2, 0) is 4.79 Å². The highest BCUT2D eigenvalue weighted by Gasteiger charge is 2.27. The summed E-state index contributed by atoms with van der Waals surface area (Å²) in [6.07, 6.45) is 11.4. The molecule has 6 nitrogen and oxygen atoms in total. The summed E-state index contributed by atoms with van der Waals surface area (Å²) in [5.41, 5.74) is 2.46. The van der Waals surface area contributed by atoms with Crippen molar-refractivity contribution in [2.75, 3.05) is 0 Å². The molecule has 116 valence electrons. The van der Waals surface area contributed by atoms with Crippen molar-refractivity contribution >= 4 is 17.5 Å². The minimum absolute atomic E-state index is 0.0262. The van der Waals surface area contributed by atoms with Gasteiger partial charge in [-0.15, -0.1) is 0 Å². The number of hydrogen-bond donors (Lipinski definition) is 1. The predicted molar refractivity (Wildman–Crippen MR) is 85.6 cm³/mol. The van der Waals surface area contributed by atoms with Crippen LogP contribution in [0, 0.1) is 11.8 Å². The Labute approximate surface area is 133 Å². The lowest BCUT2D eigenvalue weighted by Crippen LogP contribution is -2.34. The van der Waals surface area contributed by atoms with E-state index in [1.54, 1.807) is 18.2 Å². The molecule has 0 saturated carbocycles. The fraction of sp³-hybridized carbons (Fsp3) is 0.235. The molecule has 1 aliphatic carbocycles. The molecule has 6 heteroatoms. The maximum Gasteiger partial charge on any atom is 0.297 e. The third-order valence-electron chi connectivity index (χ3n) is 3.70. The van der Waals surface area contributed by atoms with E-state index in [4.69, 9.17) is 0 Å². The fourth-order valence-corrected chi connectivity index (χ4v) is 2.60. The zero-order valence-corrected chi connectivity index (χ0v) is 12.9. The van der Waals surface area contributed by atoms with E-state index >= 15 is 0 Å². The van der Waals surface area contributed by atoms with Crippen molar-refractivity contribution in [3.8, 4) is 0 Å². The number of aliphatic imine (C=N–C) groups is 1. The van der Waals surface area contributed by atoms with Crippen LogP contribution in [0.5, 0.6) is 0 Å². The van der Waals surface area contributed by atoms with Crippen molar-refractivity contribution in [1.29, 1.82) is 0 Å². The molecule has 2 aliphatic rings. The minimum atomic E-state index is -0.463. The molecule has 1 N–H and O–H groups in total. The van der Waals surface area contributed by atoms with E-state index in [0.717, 1.165) is 11.3 Å². The van der Waals surface area contributed by atoms with E-state index in [-0.39, 0.29) is 23.4 Å². The second-order valence-electron chi connectivity index (χ2n) is 5.66. The highest BCUT2D eigenvalue weighted by molar-refractivity contribution is 6.13. The zero-order valence-electron chi connectivity index (χ0n) is 12.9. The first-order valence-corrected chi connectivity index (χ1v) is 7.36. The number of nitrogens with one attached hydrogen (secondary N) is 1. The lowest BCUT2D eigenvalue weighted by Gasteiger charge is -2.29. The van der Waals surface area contributed by atoms with E-state index in [1.807, 2.05) is 6.08 Å². The van der Waals surface area contributed by atoms with Crippen LogP contribution in [0.4, 0.5) is 0 Å². The van der Waals surface area contributed by atoms with E-state index in [0.29, 0.717) is 5.71 Å². The smallest absolute Gasteiger partial charge is 0.297 e. The molecule has 0 saturated heterocycles. The Morgan fingerprint density at radius 2 is 2.13 bits per heavy atom. The van der Waals surface area contributed by atoms with Gasteiger partial charge < -0.3 is 5.32 Å². The maximum absolute atomic E-state index is 12.1. The van der Waals surface area contributed by atoms with Crippen LogP contribution in [0.1, 0.15) is 24.3 Å². The van der Waals surface area contributed by atoms with Gasteiger partial charge in [0.05, 0.1) is 11.9 Å². The molecular formula is C17H16N4O2. The Kier molecular flexibility index (Phi) is 3.97. The molecule has 1 atom stereocenters. The van der Waals surface area contributed by atoms with Crippen LogP contribution in [0.3, 0.4) is 0 Å². The van der Waals surface area contributed by atoms with Gasteiger partial charge in [-0.2, -0.15) is 0 Å². The first kappa shape index (κ1) is 15.0. The first-order chi connectivity index (χ1) is 11.0. The number of amides is 2. The molecule has 2 heterocycles. The van der Waals surface area contributed by atoms with Gasteiger partial charge in [-0.1, -0.05) is 19.9 Å². The van der Waals surface area contributed by atoms with Gasteiger partial charge in [-0.3, -0.25) is 14.6 Å². The maximum atomic E-state index is 12.1. The standard InChI is InChI=1S/C17H16N4O2/c1-10(2)13-8-16(22)21-14-7-11(3-4-12(13)14)20-17(23)15-9-18-5-6-19-15/h3-10,12H,1-2H3,(H,21,22). The molecule has 1 aromatic rings. The van der Waals surface area contributed by atoms with Crippen LogP contribution in [-0.4, -0.2) is 27.5 Å². The lowest BCUT2D eigenvalue weighted by atomic mass is 9.82. The summed E-state index contributed by atoms with van der Waals surface area (Å²) in [6.45, 7) is 4.11. The molecule has 0 aromatic carbocycles. The largest absolute Gasteiger partial charge is 0.325 e. The molecule has 2 amide bonds. The minimum Gasteiger partial charge on any atom is -0.325 e. The summed E-state index contributed by atoms with van der Waals surface area (Å²) in [6, 6.07) is 0. The van der Waals surface area contributed by atoms with Crippen molar-refractivity contribution < 1.29 is 9.59 Å². The molecule has 1 unspecified atom stereocenters. The average Bonchev–Trinajstić information content (AvgIpc) is 2.54. The Morgan fingerprint density at radius 3 is 2.83 bits per heavy atom. The van der Waals surface area contributed by atoms with Crippen LogP contribution >= 0.6 is 0 Å². The zero-order chi connectivity index (χ0) is 16.4.